The number of carbonyl (C=O) groups is 1. The number of halogens is 2. The number of nitrogens with two attached hydrogens (primary N) is 1. The molecule has 1 aromatic carbocycles. The van der Waals surface area contributed by atoms with E-state index in [1.807, 2.05) is 13.8 Å². The first kappa shape index (κ1) is 23.2. The van der Waals surface area contributed by atoms with Gasteiger partial charge in [0.2, 0.25) is 5.91 Å². The normalized spacial score (nSPS) is 18.0. The Morgan fingerprint density at radius 3 is 2.33 bits per heavy atom. The fourth-order valence-corrected chi connectivity index (χ4v) is 2.80. The summed E-state index contributed by atoms with van der Waals surface area (Å²) in [6, 6.07) is 10.8. The van der Waals surface area contributed by atoms with Crippen molar-refractivity contribution in [2.75, 3.05) is 19.6 Å². The SMILES string of the molecule is CC(N)C(C)C(=O)NC1CCN(CCc2ccccc2)CC1.Cl.Cl. The molecule has 0 bridgehead atoms. The van der Waals surface area contributed by atoms with E-state index in [0.717, 1.165) is 38.9 Å². The summed E-state index contributed by atoms with van der Waals surface area (Å²) in [5.41, 5.74) is 7.18. The predicted molar refractivity (Wildman–Crippen MR) is 105 cm³/mol. The quantitative estimate of drug-likeness (QED) is 0.803. The van der Waals surface area contributed by atoms with Gasteiger partial charge in [-0.1, -0.05) is 37.3 Å². The first-order chi connectivity index (χ1) is 10.6. The number of hydrogen-bond donors (Lipinski definition) is 2. The molecule has 1 aliphatic rings. The van der Waals surface area contributed by atoms with E-state index in [-0.39, 0.29) is 42.7 Å². The molecule has 2 rings (SSSR count). The first-order valence-electron chi connectivity index (χ1n) is 8.38. The molecule has 0 radical (unpaired) electrons. The van der Waals surface area contributed by atoms with Gasteiger partial charge in [-0.3, -0.25) is 4.79 Å². The molecule has 0 aliphatic carbocycles. The number of carbonyl (C=O) groups excluding carboxylic acids is 1. The third-order valence-electron chi connectivity index (χ3n) is 4.70. The Kier molecular flexibility index (Phi) is 11.3. The number of piperidine rings is 1. The predicted octanol–water partition coefficient (Wildman–Crippen LogP) is 2.64. The Bertz CT molecular complexity index is 463. The molecule has 2 unspecified atom stereocenters. The lowest BCUT2D eigenvalue weighted by atomic mass is 10.00. The van der Waals surface area contributed by atoms with Gasteiger partial charge >= 0.3 is 0 Å². The highest BCUT2D eigenvalue weighted by molar-refractivity contribution is 5.85. The van der Waals surface area contributed by atoms with Crippen LogP contribution >= 0.6 is 24.8 Å². The highest BCUT2D eigenvalue weighted by Crippen LogP contribution is 2.12. The monoisotopic (exact) mass is 375 g/mol. The average molecular weight is 376 g/mol. The molecule has 1 amide bonds. The molecule has 1 aromatic rings. The first-order valence-corrected chi connectivity index (χ1v) is 8.38. The average Bonchev–Trinajstić information content (AvgIpc) is 2.54. The molecule has 2 atom stereocenters. The molecule has 3 N–H and O–H groups in total. The van der Waals surface area contributed by atoms with Crippen LogP contribution in [0.15, 0.2) is 30.3 Å². The third-order valence-corrected chi connectivity index (χ3v) is 4.70. The second-order valence-corrected chi connectivity index (χ2v) is 6.51. The fraction of sp³-hybridized carbons (Fsp3) is 0.611. The lowest BCUT2D eigenvalue weighted by molar-refractivity contribution is -0.126. The molecule has 1 fully saturated rings. The number of likely N-dealkylation sites (tertiary alicyclic amines) is 1. The summed E-state index contributed by atoms with van der Waals surface area (Å²) in [5, 5.41) is 3.15. The molecule has 138 valence electrons. The minimum Gasteiger partial charge on any atom is -0.353 e. The highest BCUT2D eigenvalue weighted by atomic mass is 35.5. The topological polar surface area (TPSA) is 58.4 Å². The lowest BCUT2D eigenvalue weighted by Gasteiger charge is -2.33. The van der Waals surface area contributed by atoms with Gasteiger partial charge in [0.05, 0.1) is 0 Å². The van der Waals surface area contributed by atoms with Crippen LogP contribution < -0.4 is 11.1 Å². The van der Waals surface area contributed by atoms with Crippen LogP contribution in [0, 0.1) is 5.92 Å². The maximum atomic E-state index is 12.0. The van der Waals surface area contributed by atoms with Gasteiger partial charge in [0.25, 0.3) is 0 Å². The van der Waals surface area contributed by atoms with Gasteiger partial charge in [0.1, 0.15) is 0 Å². The Morgan fingerprint density at radius 2 is 1.79 bits per heavy atom. The van der Waals surface area contributed by atoms with E-state index in [9.17, 15) is 4.79 Å². The highest BCUT2D eigenvalue weighted by Gasteiger charge is 2.23. The Morgan fingerprint density at radius 1 is 1.21 bits per heavy atom. The standard InChI is InChI=1S/C18H29N3O.2ClH/c1-14(15(2)19)18(22)20-17-9-12-21(13-10-17)11-8-16-6-4-3-5-7-16;;/h3-7,14-15,17H,8-13,19H2,1-2H3,(H,20,22);2*1H. The zero-order valence-corrected chi connectivity index (χ0v) is 16.2. The van der Waals surface area contributed by atoms with E-state index in [1.165, 1.54) is 5.56 Å². The largest absolute Gasteiger partial charge is 0.353 e. The molecule has 1 saturated heterocycles. The number of nitrogens with zero attached hydrogens (tertiary/aromatic N) is 1. The van der Waals surface area contributed by atoms with E-state index in [1.54, 1.807) is 0 Å². The summed E-state index contributed by atoms with van der Waals surface area (Å²) in [6.07, 6.45) is 3.16. The van der Waals surface area contributed by atoms with Crippen molar-refractivity contribution in [1.29, 1.82) is 0 Å². The molecule has 0 aromatic heterocycles. The summed E-state index contributed by atoms with van der Waals surface area (Å²) in [4.78, 5) is 14.5. The molecule has 24 heavy (non-hydrogen) atoms. The van der Waals surface area contributed by atoms with Gasteiger partial charge in [0, 0.05) is 37.6 Å². The van der Waals surface area contributed by atoms with E-state index in [0.29, 0.717) is 6.04 Å². The van der Waals surface area contributed by atoms with Crippen molar-refractivity contribution in [1.82, 2.24) is 10.2 Å². The molecule has 0 saturated carbocycles. The molecule has 1 aliphatic heterocycles. The van der Waals surface area contributed by atoms with Gasteiger partial charge in [-0.05, 0) is 31.7 Å². The van der Waals surface area contributed by atoms with Crippen LogP contribution in [0.4, 0.5) is 0 Å². The van der Waals surface area contributed by atoms with Crippen molar-refractivity contribution >= 4 is 30.7 Å². The van der Waals surface area contributed by atoms with Crippen LogP contribution in [-0.4, -0.2) is 42.5 Å². The summed E-state index contributed by atoms with van der Waals surface area (Å²) in [7, 11) is 0. The van der Waals surface area contributed by atoms with Crippen LogP contribution in [0.1, 0.15) is 32.3 Å². The summed E-state index contributed by atoms with van der Waals surface area (Å²) >= 11 is 0. The molecule has 1 heterocycles. The summed E-state index contributed by atoms with van der Waals surface area (Å²) in [5.74, 6) is -0.0196. The number of benzene rings is 1. The number of amides is 1. The fourth-order valence-electron chi connectivity index (χ4n) is 2.80. The van der Waals surface area contributed by atoms with Gasteiger partial charge in [-0.15, -0.1) is 24.8 Å². The van der Waals surface area contributed by atoms with Gasteiger partial charge in [-0.2, -0.15) is 0 Å². The minimum atomic E-state index is -0.115. The van der Waals surface area contributed by atoms with Gasteiger partial charge < -0.3 is 16.0 Å². The lowest BCUT2D eigenvalue weighted by Crippen LogP contribution is -2.48. The third kappa shape index (κ3) is 7.39. The Balaban J connectivity index is 0.00000264. The smallest absolute Gasteiger partial charge is 0.224 e. The van der Waals surface area contributed by atoms with Crippen LogP contribution in [0.2, 0.25) is 0 Å². The summed E-state index contributed by atoms with van der Waals surface area (Å²) < 4.78 is 0. The second-order valence-electron chi connectivity index (χ2n) is 6.51. The summed E-state index contributed by atoms with van der Waals surface area (Å²) in [6.45, 7) is 7.00. The molecule has 0 spiro atoms. The van der Waals surface area contributed by atoms with E-state index in [2.05, 4.69) is 40.5 Å². The number of nitrogens with one attached hydrogen (secondary N) is 1. The van der Waals surface area contributed by atoms with Crippen molar-refractivity contribution in [3.8, 4) is 0 Å². The van der Waals surface area contributed by atoms with E-state index in [4.69, 9.17) is 5.73 Å². The van der Waals surface area contributed by atoms with Crippen molar-refractivity contribution in [2.45, 2.75) is 45.2 Å². The van der Waals surface area contributed by atoms with Gasteiger partial charge in [0.15, 0.2) is 0 Å². The minimum absolute atomic E-state index is 0. The van der Waals surface area contributed by atoms with Crippen LogP contribution in [0.5, 0.6) is 0 Å². The zero-order chi connectivity index (χ0) is 15.9. The molecule has 6 heteroatoms. The maximum absolute atomic E-state index is 12.0. The molecular formula is C18H31Cl2N3O. The Labute approximate surface area is 158 Å². The van der Waals surface area contributed by atoms with Crippen molar-refractivity contribution in [2.24, 2.45) is 11.7 Å². The second kappa shape index (κ2) is 11.7. The van der Waals surface area contributed by atoms with E-state index >= 15 is 0 Å². The van der Waals surface area contributed by atoms with Crippen LogP contribution in [0.3, 0.4) is 0 Å². The Hall–Kier alpha value is -0.810. The van der Waals surface area contributed by atoms with Crippen molar-refractivity contribution < 1.29 is 4.79 Å². The maximum Gasteiger partial charge on any atom is 0.224 e. The van der Waals surface area contributed by atoms with Crippen molar-refractivity contribution in [3.63, 3.8) is 0 Å². The van der Waals surface area contributed by atoms with Crippen LogP contribution in [-0.2, 0) is 11.2 Å². The van der Waals surface area contributed by atoms with Gasteiger partial charge in [-0.25, -0.2) is 0 Å². The van der Waals surface area contributed by atoms with Crippen molar-refractivity contribution in [3.05, 3.63) is 35.9 Å². The number of hydrogen-bond acceptors (Lipinski definition) is 3. The number of rotatable bonds is 6. The zero-order valence-electron chi connectivity index (χ0n) is 14.6. The van der Waals surface area contributed by atoms with E-state index < -0.39 is 0 Å². The molecular weight excluding hydrogens is 345 g/mol. The molecule has 4 nitrogen and oxygen atoms in total. The van der Waals surface area contributed by atoms with Crippen LogP contribution in [0.25, 0.3) is 0 Å².